The molecule has 22 heavy (non-hydrogen) atoms. The van der Waals surface area contributed by atoms with Crippen LogP contribution in [0.2, 0.25) is 0 Å². The van der Waals surface area contributed by atoms with Gasteiger partial charge in [0, 0.05) is 11.8 Å². The van der Waals surface area contributed by atoms with Gasteiger partial charge in [-0.2, -0.15) is 0 Å². The number of rotatable bonds is 4. The van der Waals surface area contributed by atoms with Crippen LogP contribution in [0.25, 0.3) is 0 Å². The van der Waals surface area contributed by atoms with E-state index in [0.717, 1.165) is 24.4 Å². The van der Waals surface area contributed by atoms with Crippen molar-refractivity contribution in [2.75, 3.05) is 17.2 Å². The molecular weight excluding hydrogens is 284 g/mol. The second-order valence-corrected chi connectivity index (χ2v) is 5.63. The molecule has 0 bridgehead atoms. The Labute approximate surface area is 126 Å². The van der Waals surface area contributed by atoms with Gasteiger partial charge >= 0.3 is 0 Å². The van der Waals surface area contributed by atoms with Gasteiger partial charge in [-0.25, -0.2) is 4.68 Å². The summed E-state index contributed by atoms with van der Waals surface area (Å²) in [5.41, 5.74) is 1.59. The lowest BCUT2D eigenvalue weighted by molar-refractivity contribution is -0.118. The standard InChI is InChI=1S/C14H16N6O2/c1-8(14-17-18-19-20(14)10-3-4-10)15-9-2-5-11-12(6-9)22-7-13(21)16-11/h2,5-6,8,10,15H,3-4,7H2,1H3,(H,16,21)/t8-/m0/s1. The van der Waals surface area contributed by atoms with Crippen LogP contribution in [0.1, 0.15) is 37.7 Å². The summed E-state index contributed by atoms with van der Waals surface area (Å²) < 4.78 is 7.32. The highest BCUT2D eigenvalue weighted by molar-refractivity contribution is 5.95. The molecule has 0 unspecified atom stereocenters. The van der Waals surface area contributed by atoms with E-state index < -0.39 is 0 Å². The number of fused-ring (bicyclic) bond motifs is 1. The number of carbonyl (C=O) groups is 1. The van der Waals surface area contributed by atoms with Crippen molar-refractivity contribution in [3.05, 3.63) is 24.0 Å². The van der Waals surface area contributed by atoms with Crippen molar-refractivity contribution in [1.82, 2.24) is 20.2 Å². The summed E-state index contributed by atoms with van der Waals surface area (Å²) in [4.78, 5) is 11.3. The first-order chi connectivity index (χ1) is 10.7. The zero-order chi connectivity index (χ0) is 15.1. The molecule has 114 valence electrons. The van der Waals surface area contributed by atoms with E-state index in [4.69, 9.17) is 4.74 Å². The fraction of sp³-hybridized carbons (Fsp3) is 0.429. The first-order valence-electron chi connectivity index (χ1n) is 7.32. The van der Waals surface area contributed by atoms with Crippen molar-refractivity contribution in [3.8, 4) is 5.75 Å². The molecule has 1 fully saturated rings. The molecule has 1 aliphatic heterocycles. The molecule has 0 radical (unpaired) electrons. The summed E-state index contributed by atoms with van der Waals surface area (Å²) in [5, 5.41) is 18.1. The van der Waals surface area contributed by atoms with Crippen LogP contribution >= 0.6 is 0 Å². The maximum atomic E-state index is 11.3. The van der Waals surface area contributed by atoms with Crippen molar-refractivity contribution < 1.29 is 9.53 Å². The van der Waals surface area contributed by atoms with Gasteiger partial charge < -0.3 is 15.4 Å². The molecule has 1 saturated carbocycles. The predicted molar refractivity (Wildman–Crippen MR) is 78.7 cm³/mol. The summed E-state index contributed by atoms with van der Waals surface area (Å²) in [6, 6.07) is 6.01. The van der Waals surface area contributed by atoms with Crippen LogP contribution in [-0.2, 0) is 4.79 Å². The number of tetrazole rings is 1. The molecular formula is C14H16N6O2. The molecule has 1 amide bonds. The van der Waals surface area contributed by atoms with Gasteiger partial charge in [0.05, 0.1) is 17.8 Å². The molecule has 2 aliphatic rings. The van der Waals surface area contributed by atoms with Gasteiger partial charge in [0.25, 0.3) is 5.91 Å². The fourth-order valence-corrected chi connectivity index (χ4v) is 2.54. The van der Waals surface area contributed by atoms with Crippen LogP contribution in [0.5, 0.6) is 5.75 Å². The Balaban J connectivity index is 1.53. The maximum absolute atomic E-state index is 11.3. The van der Waals surface area contributed by atoms with Crippen LogP contribution in [0, 0.1) is 0 Å². The van der Waals surface area contributed by atoms with Crippen molar-refractivity contribution in [2.24, 2.45) is 0 Å². The fourth-order valence-electron chi connectivity index (χ4n) is 2.54. The Kier molecular flexibility index (Phi) is 2.95. The van der Waals surface area contributed by atoms with Crippen molar-refractivity contribution >= 4 is 17.3 Å². The second-order valence-electron chi connectivity index (χ2n) is 5.63. The number of benzene rings is 1. The first-order valence-corrected chi connectivity index (χ1v) is 7.32. The molecule has 8 nitrogen and oxygen atoms in total. The van der Waals surface area contributed by atoms with E-state index in [1.165, 1.54) is 0 Å². The Morgan fingerprint density at radius 3 is 3.14 bits per heavy atom. The van der Waals surface area contributed by atoms with Gasteiger partial charge in [-0.05, 0) is 42.3 Å². The van der Waals surface area contributed by atoms with Gasteiger partial charge in [0.2, 0.25) is 0 Å². The number of nitrogens with one attached hydrogen (secondary N) is 2. The minimum atomic E-state index is -0.134. The van der Waals surface area contributed by atoms with Crippen LogP contribution in [0.3, 0.4) is 0 Å². The number of hydrogen-bond donors (Lipinski definition) is 2. The van der Waals surface area contributed by atoms with Crippen LogP contribution in [0.15, 0.2) is 18.2 Å². The van der Waals surface area contributed by atoms with E-state index in [1.807, 2.05) is 29.8 Å². The molecule has 2 heterocycles. The van der Waals surface area contributed by atoms with Crippen molar-refractivity contribution in [3.63, 3.8) is 0 Å². The number of carbonyl (C=O) groups excluding carboxylic acids is 1. The summed E-state index contributed by atoms with van der Waals surface area (Å²) in [7, 11) is 0. The third-order valence-electron chi connectivity index (χ3n) is 3.80. The van der Waals surface area contributed by atoms with Crippen LogP contribution in [-0.4, -0.2) is 32.7 Å². The van der Waals surface area contributed by atoms with E-state index in [1.54, 1.807) is 0 Å². The zero-order valence-corrected chi connectivity index (χ0v) is 12.1. The Bertz CT molecular complexity index is 724. The molecule has 1 aliphatic carbocycles. The number of aromatic nitrogens is 4. The number of hydrogen-bond acceptors (Lipinski definition) is 6. The van der Waals surface area contributed by atoms with Gasteiger partial charge in [-0.15, -0.1) is 5.10 Å². The lowest BCUT2D eigenvalue weighted by Crippen LogP contribution is -2.25. The van der Waals surface area contributed by atoms with Crippen molar-refractivity contribution in [2.45, 2.75) is 31.8 Å². The third-order valence-corrected chi connectivity index (χ3v) is 3.80. The summed E-state index contributed by atoms with van der Waals surface area (Å²) in [6.07, 6.45) is 2.27. The van der Waals surface area contributed by atoms with Crippen molar-refractivity contribution in [1.29, 1.82) is 0 Å². The minimum absolute atomic E-state index is 0.0215. The van der Waals surface area contributed by atoms with Gasteiger partial charge in [-0.1, -0.05) is 0 Å². The number of anilines is 2. The van der Waals surface area contributed by atoms with E-state index in [0.29, 0.717) is 17.5 Å². The maximum Gasteiger partial charge on any atom is 0.262 e. The Hall–Kier alpha value is -2.64. The normalized spacial score (nSPS) is 18.1. The lowest BCUT2D eigenvalue weighted by Gasteiger charge is -2.20. The van der Waals surface area contributed by atoms with E-state index in [2.05, 4.69) is 26.2 Å². The molecule has 4 rings (SSSR count). The number of amides is 1. The molecule has 1 atom stereocenters. The molecule has 8 heteroatoms. The highest BCUT2D eigenvalue weighted by Crippen LogP contribution is 2.36. The summed E-state index contributed by atoms with van der Waals surface area (Å²) in [5.74, 6) is 1.36. The monoisotopic (exact) mass is 300 g/mol. The molecule has 2 aromatic rings. The smallest absolute Gasteiger partial charge is 0.262 e. The third kappa shape index (κ3) is 2.36. The minimum Gasteiger partial charge on any atom is -0.482 e. The average molecular weight is 300 g/mol. The largest absolute Gasteiger partial charge is 0.482 e. The van der Waals surface area contributed by atoms with Gasteiger partial charge in [-0.3, -0.25) is 4.79 Å². The van der Waals surface area contributed by atoms with E-state index >= 15 is 0 Å². The highest BCUT2D eigenvalue weighted by atomic mass is 16.5. The van der Waals surface area contributed by atoms with E-state index in [-0.39, 0.29) is 18.6 Å². The Morgan fingerprint density at radius 1 is 1.45 bits per heavy atom. The number of nitrogens with zero attached hydrogens (tertiary/aromatic N) is 4. The quantitative estimate of drug-likeness (QED) is 0.889. The SMILES string of the molecule is C[C@H](Nc1ccc2c(c1)OCC(=O)N2)c1nnnn1C1CC1. The van der Waals surface area contributed by atoms with Gasteiger partial charge in [0.1, 0.15) is 5.75 Å². The predicted octanol–water partition coefficient (Wildman–Crippen LogP) is 1.51. The Morgan fingerprint density at radius 2 is 2.32 bits per heavy atom. The topological polar surface area (TPSA) is 94.0 Å². The first kappa shape index (κ1) is 13.1. The summed E-state index contributed by atoms with van der Waals surface area (Å²) >= 11 is 0. The van der Waals surface area contributed by atoms with E-state index in [9.17, 15) is 4.79 Å². The molecule has 2 N–H and O–H groups in total. The van der Waals surface area contributed by atoms with Crippen LogP contribution in [0.4, 0.5) is 11.4 Å². The molecule has 1 aromatic carbocycles. The molecule has 0 saturated heterocycles. The van der Waals surface area contributed by atoms with Gasteiger partial charge in [0.15, 0.2) is 12.4 Å². The molecule has 0 spiro atoms. The highest BCUT2D eigenvalue weighted by Gasteiger charge is 2.29. The zero-order valence-electron chi connectivity index (χ0n) is 12.1. The average Bonchev–Trinajstić information content (AvgIpc) is 3.24. The second kappa shape index (κ2) is 4.97. The van der Waals surface area contributed by atoms with Crippen LogP contribution < -0.4 is 15.4 Å². The lowest BCUT2D eigenvalue weighted by atomic mass is 10.2. The number of ether oxygens (including phenoxy) is 1. The molecule has 1 aromatic heterocycles. The summed E-state index contributed by atoms with van der Waals surface area (Å²) in [6.45, 7) is 2.07.